The van der Waals surface area contributed by atoms with Gasteiger partial charge in [0.2, 0.25) is 0 Å². The molecule has 104 valence electrons. The third kappa shape index (κ3) is 4.42. The van der Waals surface area contributed by atoms with Crippen molar-refractivity contribution >= 4 is 0 Å². The lowest BCUT2D eigenvalue weighted by atomic mass is 10.0. The Morgan fingerprint density at radius 2 is 2.17 bits per heavy atom. The zero-order valence-electron chi connectivity index (χ0n) is 12.1. The zero-order chi connectivity index (χ0) is 13.4. The van der Waals surface area contributed by atoms with Crippen molar-refractivity contribution in [3.05, 3.63) is 18.2 Å². The van der Waals surface area contributed by atoms with E-state index in [1.165, 1.54) is 0 Å². The molecule has 0 bridgehead atoms. The second-order valence-electron chi connectivity index (χ2n) is 4.62. The predicted octanol–water partition coefficient (Wildman–Crippen LogP) is 2.15. The summed E-state index contributed by atoms with van der Waals surface area (Å²) in [4.78, 5) is 4.41. The molecule has 1 aromatic rings. The van der Waals surface area contributed by atoms with E-state index in [1.54, 1.807) is 0 Å². The number of nitrogens with zero attached hydrogens (tertiary/aromatic N) is 2. The van der Waals surface area contributed by atoms with Crippen molar-refractivity contribution in [2.24, 2.45) is 7.05 Å². The molecule has 1 N–H and O–H groups in total. The van der Waals surface area contributed by atoms with Crippen molar-refractivity contribution in [1.82, 2.24) is 14.9 Å². The molecule has 4 heteroatoms. The van der Waals surface area contributed by atoms with Crippen LogP contribution in [0.15, 0.2) is 12.4 Å². The van der Waals surface area contributed by atoms with Gasteiger partial charge in [0.15, 0.2) is 0 Å². The fourth-order valence-corrected chi connectivity index (χ4v) is 2.19. The van der Waals surface area contributed by atoms with Crippen LogP contribution in [0.5, 0.6) is 0 Å². The van der Waals surface area contributed by atoms with Gasteiger partial charge in [0, 0.05) is 38.5 Å². The molecule has 0 aliphatic rings. The van der Waals surface area contributed by atoms with Gasteiger partial charge < -0.3 is 14.6 Å². The standard InChI is InChI=1S/C14H27N3O/c1-5-8-15-12(13(6-2)18-7-3)11-14-16-9-10-17(14)4/h9-10,12-13,15H,5-8,11H2,1-4H3. The van der Waals surface area contributed by atoms with Gasteiger partial charge in [-0.1, -0.05) is 13.8 Å². The third-order valence-electron chi connectivity index (χ3n) is 3.21. The van der Waals surface area contributed by atoms with Crippen molar-refractivity contribution in [2.75, 3.05) is 13.2 Å². The van der Waals surface area contributed by atoms with Gasteiger partial charge in [-0.2, -0.15) is 0 Å². The number of rotatable bonds is 9. The van der Waals surface area contributed by atoms with Crippen LogP contribution in [-0.2, 0) is 18.2 Å². The van der Waals surface area contributed by atoms with E-state index < -0.39 is 0 Å². The van der Waals surface area contributed by atoms with Crippen molar-refractivity contribution in [1.29, 1.82) is 0 Å². The average Bonchev–Trinajstić information content (AvgIpc) is 2.77. The van der Waals surface area contributed by atoms with Crippen molar-refractivity contribution in [3.63, 3.8) is 0 Å². The quantitative estimate of drug-likeness (QED) is 0.733. The Morgan fingerprint density at radius 3 is 2.67 bits per heavy atom. The largest absolute Gasteiger partial charge is 0.377 e. The van der Waals surface area contributed by atoms with Crippen molar-refractivity contribution in [2.45, 2.75) is 52.2 Å². The third-order valence-corrected chi connectivity index (χ3v) is 3.21. The Hall–Kier alpha value is -0.870. The SMILES string of the molecule is CCCNC(Cc1nccn1C)C(CC)OCC. The lowest BCUT2D eigenvalue weighted by Gasteiger charge is -2.27. The summed E-state index contributed by atoms with van der Waals surface area (Å²) in [5.41, 5.74) is 0. The fourth-order valence-electron chi connectivity index (χ4n) is 2.19. The molecule has 2 unspecified atom stereocenters. The van der Waals surface area contributed by atoms with Gasteiger partial charge in [-0.3, -0.25) is 0 Å². The Labute approximate surface area is 111 Å². The summed E-state index contributed by atoms with van der Waals surface area (Å²) in [6.45, 7) is 8.22. The van der Waals surface area contributed by atoms with Crippen molar-refractivity contribution in [3.8, 4) is 0 Å². The lowest BCUT2D eigenvalue weighted by molar-refractivity contribution is 0.0313. The highest BCUT2D eigenvalue weighted by atomic mass is 16.5. The molecule has 1 aromatic heterocycles. The van der Waals surface area contributed by atoms with Gasteiger partial charge in [0.1, 0.15) is 5.82 Å². The normalized spacial score (nSPS) is 14.7. The molecule has 0 aromatic carbocycles. The van der Waals surface area contributed by atoms with E-state index >= 15 is 0 Å². The molecule has 0 saturated heterocycles. The summed E-state index contributed by atoms with van der Waals surface area (Å²) in [6.07, 6.45) is 7.20. The fraction of sp³-hybridized carbons (Fsp3) is 0.786. The number of hydrogen-bond acceptors (Lipinski definition) is 3. The molecule has 0 aliphatic heterocycles. The van der Waals surface area contributed by atoms with Crippen LogP contribution >= 0.6 is 0 Å². The van der Waals surface area contributed by atoms with Crippen LogP contribution in [0, 0.1) is 0 Å². The highest BCUT2D eigenvalue weighted by Crippen LogP contribution is 2.10. The number of aromatic nitrogens is 2. The van der Waals surface area contributed by atoms with E-state index in [0.29, 0.717) is 6.04 Å². The molecular weight excluding hydrogens is 226 g/mol. The Bertz CT molecular complexity index is 325. The van der Waals surface area contributed by atoms with Gasteiger partial charge in [0.25, 0.3) is 0 Å². The maximum Gasteiger partial charge on any atom is 0.110 e. The predicted molar refractivity (Wildman–Crippen MR) is 74.7 cm³/mol. The summed E-state index contributed by atoms with van der Waals surface area (Å²) < 4.78 is 7.92. The molecule has 0 spiro atoms. The first-order chi connectivity index (χ1) is 8.72. The van der Waals surface area contributed by atoms with Crippen LogP contribution in [0.3, 0.4) is 0 Å². The number of imidazole rings is 1. The highest BCUT2D eigenvalue weighted by Gasteiger charge is 2.21. The molecule has 0 aliphatic carbocycles. The molecule has 0 saturated carbocycles. The first-order valence-electron chi connectivity index (χ1n) is 7.04. The topological polar surface area (TPSA) is 39.1 Å². The van der Waals surface area contributed by atoms with Crippen LogP contribution in [0.1, 0.15) is 39.4 Å². The molecule has 0 radical (unpaired) electrons. The van der Waals surface area contributed by atoms with E-state index in [2.05, 4.69) is 35.6 Å². The van der Waals surface area contributed by atoms with E-state index in [1.807, 2.05) is 19.4 Å². The van der Waals surface area contributed by atoms with Gasteiger partial charge in [-0.05, 0) is 26.3 Å². The minimum Gasteiger partial charge on any atom is -0.377 e. The van der Waals surface area contributed by atoms with E-state index in [4.69, 9.17) is 4.74 Å². The first-order valence-corrected chi connectivity index (χ1v) is 7.04. The minimum atomic E-state index is 0.262. The summed E-state index contributed by atoms with van der Waals surface area (Å²) in [5.74, 6) is 1.11. The molecule has 2 atom stereocenters. The molecule has 18 heavy (non-hydrogen) atoms. The monoisotopic (exact) mass is 253 g/mol. The van der Waals surface area contributed by atoms with Crippen LogP contribution in [0.4, 0.5) is 0 Å². The lowest BCUT2D eigenvalue weighted by Crippen LogP contribution is -2.43. The van der Waals surface area contributed by atoms with Gasteiger partial charge in [0.05, 0.1) is 6.10 Å². The zero-order valence-corrected chi connectivity index (χ0v) is 12.1. The maximum absolute atomic E-state index is 5.84. The van der Waals surface area contributed by atoms with Crippen LogP contribution in [-0.4, -0.2) is 34.8 Å². The minimum absolute atomic E-state index is 0.262. The van der Waals surface area contributed by atoms with Gasteiger partial charge in [-0.25, -0.2) is 4.98 Å². The molecular formula is C14H27N3O. The number of nitrogens with one attached hydrogen (secondary N) is 1. The molecule has 4 nitrogen and oxygen atoms in total. The number of aryl methyl sites for hydroxylation is 1. The van der Waals surface area contributed by atoms with Crippen molar-refractivity contribution < 1.29 is 4.74 Å². The number of hydrogen-bond donors (Lipinski definition) is 1. The van der Waals surface area contributed by atoms with Crippen LogP contribution in [0.25, 0.3) is 0 Å². The second-order valence-corrected chi connectivity index (χ2v) is 4.62. The number of ether oxygens (including phenoxy) is 1. The maximum atomic E-state index is 5.84. The molecule has 0 fully saturated rings. The molecule has 0 amide bonds. The highest BCUT2D eigenvalue weighted by molar-refractivity contribution is 4.96. The molecule has 1 rings (SSSR count). The Morgan fingerprint density at radius 1 is 1.39 bits per heavy atom. The van der Waals surface area contributed by atoms with Crippen LogP contribution < -0.4 is 5.32 Å². The molecule has 1 heterocycles. The smallest absolute Gasteiger partial charge is 0.110 e. The Kier molecular flexibility index (Phi) is 6.98. The average molecular weight is 253 g/mol. The summed E-state index contributed by atoms with van der Waals surface area (Å²) in [6, 6.07) is 0.344. The summed E-state index contributed by atoms with van der Waals surface area (Å²) in [5, 5.41) is 3.59. The van der Waals surface area contributed by atoms with E-state index in [0.717, 1.165) is 38.2 Å². The first kappa shape index (κ1) is 15.2. The van der Waals surface area contributed by atoms with Gasteiger partial charge in [-0.15, -0.1) is 0 Å². The summed E-state index contributed by atoms with van der Waals surface area (Å²) >= 11 is 0. The summed E-state index contributed by atoms with van der Waals surface area (Å²) in [7, 11) is 2.04. The Balaban J connectivity index is 2.67. The van der Waals surface area contributed by atoms with Gasteiger partial charge >= 0.3 is 0 Å². The van der Waals surface area contributed by atoms with E-state index in [9.17, 15) is 0 Å². The van der Waals surface area contributed by atoms with Crippen LogP contribution in [0.2, 0.25) is 0 Å². The second kappa shape index (κ2) is 8.27. The van der Waals surface area contributed by atoms with E-state index in [-0.39, 0.29) is 6.10 Å².